The van der Waals surface area contributed by atoms with E-state index in [9.17, 15) is 38.4 Å². The molecular weight excluding hydrogens is 696 g/mol. The van der Waals surface area contributed by atoms with Crippen LogP contribution in [-0.4, -0.2) is 105 Å². The largest absolute Gasteiger partial charge is 0.481 e. The summed E-state index contributed by atoms with van der Waals surface area (Å²) in [5.41, 5.74) is 21.3. The van der Waals surface area contributed by atoms with Gasteiger partial charge in [0.15, 0.2) is 11.2 Å². The van der Waals surface area contributed by atoms with Crippen molar-refractivity contribution in [2.45, 2.75) is 63.2 Å². The van der Waals surface area contributed by atoms with E-state index in [2.05, 4.69) is 30.6 Å². The molecular formula is C29H38N10O13. The van der Waals surface area contributed by atoms with Gasteiger partial charge in [-0.05, 0) is 43.5 Å². The minimum absolute atomic E-state index is 0.0213. The van der Waals surface area contributed by atoms with Crippen LogP contribution < -0.4 is 39.1 Å². The van der Waals surface area contributed by atoms with Crippen LogP contribution in [0.2, 0.25) is 0 Å². The highest BCUT2D eigenvalue weighted by molar-refractivity contribution is 5.97. The highest BCUT2D eigenvalue weighted by Gasteiger charge is 2.21. The second-order valence-corrected chi connectivity index (χ2v) is 10.5. The fourth-order valence-corrected chi connectivity index (χ4v) is 3.59. The van der Waals surface area contributed by atoms with Crippen molar-refractivity contribution >= 4 is 64.5 Å². The zero-order valence-corrected chi connectivity index (χ0v) is 27.2. The van der Waals surface area contributed by atoms with E-state index in [0.717, 1.165) is 0 Å². The summed E-state index contributed by atoms with van der Waals surface area (Å²) in [5.74, 6) is -6.99. The Labute approximate surface area is 292 Å². The number of aliphatic carboxylic acids is 5. The molecule has 3 rings (SSSR count). The molecule has 2 heterocycles. The molecule has 2 amide bonds. The first-order valence-corrected chi connectivity index (χ1v) is 14.9. The first-order chi connectivity index (χ1) is 24.3. The number of carboxylic acids is 5. The van der Waals surface area contributed by atoms with Gasteiger partial charge >= 0.3 is 35.4 Å². The van der Waals surface area contributed by atoms with Crippen LogP contribution in [0.4, 0.5) is 11.6 Å². The number of anilines is 2. The van der Waals surface area contributed by atoms with Crippen molar-refractivity contribution in [2.24, 2.45) is 17.2 Å². The fraction of sp³-hybridized carbons (Fsp3) is 0.345. The van der Waals surface area contributed by atoms with Gasteiger partial charge in [0.1, 0.15) is 18.1 Å². The Morgan fingerprint density at radius 2 is 1.31 bits per heavy atom. The topological polar surface area (TPSA) is 420 Å². The molecule has 52 heavy (non-hydrogen) atoms. The van der Waals surface area contributed by atoms with E-state index in [1.54, 1.807) is 12.1 Å². The summed E-state index contributed by atoms with van der Waals surface area (Å²) in [5, 5.41) is 47.7. The number of aromatic amines is 1. The molecule has 0 fully saturated rings. The molecule has 0 saturated carbocycles. The number of nitrogens with zero attached hydrogens (tertiary/aromatic N) is 3. The van der Waals surface area contributed by atoms with Gasteiger partial charge in [0.2, 0.25) is 11.9 Å². The summed E-state index contributed by atoms with van der Waals surface area (Å²) in [6.45, 7) is 0.231. The number of H-pyrrole nitrogens is 1. The van der Waals surface area contributed by atoms with E-state index in [-0.39, 0.29) is 67.7 Å². The molecule has 0 aliphatic carbocycles. The van der Waals surface area contributed by atoms with E-state index in [0.29, 0.717) is 11.4 Å². The molecule has 0 unspecified atom stereocenters. The third kappa shape index (κ3) is 16.6. The second-order valence-electron chi connectivity index (χ2n) is 10.5. The number of hydrogen-bond donors (Lipinski definition) is 12. The number of primary amides is 1. The standard InChI is InChI=1S/C19H19N7O6.C5H10N2O3.C5H9NO4/c20-19-25-15-14(17(30)26-19)23-11(8-22-15)7-21-10-3-1-9(2-4-10)16(29)24-12(18(31)32)5-6-13(27)28;2*6-3(5(9)10)1-2-4(7)8/h1-4,8,12,21H,5-7H2,(H,24,29)(H,27,28)(H,31,32)(H3,20,22,25,26,30);3H,1-2,6H2,(H2,7,8)(H,9,10);3H,1-2,6H2,(H,7,8)(H,9,10)/t12-;2*3-/m000/s1. The average Bonchev–Trinajstić information content (AvgIpc) is 3.07. The van der Waals surface area contributed by atoms with E-state index in [4.69, 9.17) is 48.5 Å². The number of benzene rings is 1. The number of hydrogen-bond acceptors (Lipinski definition) is 15. The number of rotatable bonds is 17. The van der Waals surface area contributed by atoms with Crippen molar-refractivity contribution < 1.29 is 59.1 Å². The van der Waals surface area contributed by atoms with Crippen LogP contribution in [0.15, 0.2) is 35.3 Å². The van der Waals surface area contributed by atoms with Crippen LogP contribution in [0.5, 0.6) is 0 Å². The van der Waals surface area contributed by atoms with E-state index in [1.807, 2.05) is 0 Å². The van der Waals surface area contributed by atoms with Gasteiger partial charge in [-0.25, -0.2) is 14.8 Å². The van der Waals surface area contributed by atoms with E-state index >= 15 is 0 Å². The molecule has 2 aromatic heterocycles. The second kappa shape index (κ2) is 21.4. The van der Waals surface area contributed by atoms with Gasteiger partial charge in [-0.2, -0.15) is 4.98 Å². The summed E-state index contributed by atoms with van der Waals surface area (Å²) in [7, 11) is 0. The lowest BCUT2D eigenvalue weighted by Crippen LogP contribution is -2.41. The Kier molecular flexibility index (Phi) is 17.8. The number of fused-ring (bicyclic) bond motifs is 1. The predicted molar refractivity (Wildman–Crippen MR) is 178 cm³/mol. The normalized spacial score (nSPS) is 12.0. The third-order valence-electron chi connectivity index (χ3n) is 6.37. The van der Waals surface area contributed by atoms with Gasteiger partial charge in [0.25, 0.3) is 5.91 Å². The van der Waals surface area contributed by atoms with Crippen LogP contribution in [0.3, 0.4) is 0 Å². The Bertz CT molecular complexity index is 1770. The maximum Gasteiger partial charge on any atom is 0.326 e. The van der Waals surface area contributed by atoms with Crippen LogP contribution in [0, 0.1) is 0 Å². The number of amides is 2. The van der Waals surface area contributed by atoms with Crippen molar-refractivity contribution in [1.29, 1.82) is 0 Å². The van der Waals surface area contributed by atoms with Gasteiger partial charge < -0.3 is 64.1 Å². The van der Waals surface area contributed by atoms with Crippen molar-refractivity contribution in [3.8, 4) is 0 Å². The highest BCUT2D eigenvalue weighted by atomic mass is 16.4. The molecule has 0 bridgehead atoms. The molecule has 1 aromatic carbocycles. The summed E-state index contributed by atoms with van der Waals surface area (Å²) in [6, 6.07) is 2.82. The number of carbonyl (C=O) groups is 7. The number of carboxylic acid groups (broad SMARTS) is 5. The summed E-state index contributed by atoms with van der Waals surface area (Å²) in [4.78, 5) is 101. The highest BCUT2D eigenvalue weighted by Crippen LogP contribution is 2.12. The molecule has 23 heteroatoms. The number of carbonyl (C=O) groups excluding carboxylic acids is 2. The summed E-state index contributed by atoms with van der Waals surface area (Å²) >= 11 is 0. The molecule has 0 spiro atoms. The Morgan fingerprint density at radius 1 is 0.769 bits per heavy atom. The van der Waals surface area contributed by atoms with Crippen molar-refractivity contribution in [2.75, 3.05) is 11.1 Å². The minimum atomic E-state index is -1.31. The number of aromatic nitrogens is 4. The lowest BCUT2D eigenvalue weighted by molar-refractivity contribution is -0.142. The molecule has 0 aliphatic heterocycles. The molecule has 3 aromatic rings. The lowest BCUT2D eigenvalue weighted by atomic mass is 10.1. The Hall–Kier alpha value is -6.75. The SMILES string of the molecule is NC(=O)CC[C@H](N)C(=O)O.N[C@@H](CCC(=O)O)C(=O)O.Nc1nc(=O)c2nc(CNc3ccc(C(=O)N[C@@H](CCC(=O)O)C(=O)O)cc3)cnc2[nH]1. The number of nitrogens with two attached hydrogens (primary N) is 4. The van der Waals surface area contributed by atoms with Crippen molar-refractivity contribution in [3.63, 3.8) is 0 Å². The molecule has 16 N–H and O–H groups in total. The van der Waals surface area contributed by atoms with E-state index in [1.165, 1.54) is 18.3 Å². The van der Waals surface area contributed by atoms with Crippen LogP contribution in [0.25, 0.3) is 11.2 Å². The third-order valence-corrected chi connectivity index (χ3v) is 6.37. The summed E-state index contributed by atoms with van der Waals surface area (Å²) in [6.07, 6.45) is 0.757. The average molecular weight is 735 g/mol. The lowest BCUT2D eigenvalue weighted by Gasteiger charge is -2.14. The van der Waals surface area contributed by atoms with E-state index < -0.39 is 65.3 Å². The molecule has 3 atom stereocenters. The minimum Gasteiger partial charge on any atom is -0.481 e. The maximum atomic E-state index is 12.3. The monoisotopic (exact) mass is 734 g/mol. The van der Waals surface area contributed by atoms with Crippen molar-refractivity contribution in [1.82, 2.24) is 25.3 Å². The predicted octanol–water partition coefficient (Wildman–Crippen LogP) is -2.12. The Balaban J connectivity index is 0.000000553. The zero-order valence-electron chi connectivity index (χ0n) is 27.2. The van der Waals surface area contributed by atoms with Crippen molar-refractivity contribution in [3.05, 3.63) is 52.1 Å². The summed E-state index contributed by atoms with van der Waals surface area (Å²) < 4.78 is 0. The molecule has 0 radical (unpaired) electrons. The number of nitrogen functional groups attached to an aromatic ring is 1. The Morgan fingerprint density at radius 3 is 1.81 bits per heavy atom. The quantitative estimate of drug-likeness (QED) is 0.0705. The molecule has 282 valence electrons. The first kappa shape index (κ1) is 43.3. The molecule has 0 saturated heterocycles. The zero-order chi connectivity index (χ0) is 39.5. The molecule has 23 nitrogen and oxygen atoms in total. The molecule has 0 aliphatic rings. The van der Waals surface area contributed by atoms with Gasteiger partial charge in [-0.15, -0.1) is 0 Å². The first-order valence-electron chi connectivity index (χ1n) is 14.9. The maximum absolute atomic E-state index is 12.3. The smallest absolute Gasteiger partial charge is 0.326 e. The van der Waals surface area contributed by atoms with Gasteiger partial charge in [0, 0.05) is 30.5 Å². The number of nitrogens with one attached hydrogen (secondary N) is 3. The fourth-order valence-electron chi connectivity index (χ4n) is 3.59. The van der Waals surface area contributed by atoms with Gasteiger partial charge in [0.05, 0.1) is 18.4 Å². The van der Waals surface area contributed by atoms with Crippen LogP contribution in [0.1, 0.15) is 54.6 Å². The van der Waals surface area contributed by atoms with Gasteiger partial charge in [-0.1, -0.05) is 0 Å². The van der Waals surface area contributed by atoms with Crippen LogP contribution >= 0.6 is 0 Å². The van der Waals surface area contributed by atoms with Gasteiger partial charge in [-0.3, -0.25) is 33.6 Å². The van der Waals surface area contributed by atoms with Crippen LogP contribution in [-0.2, 0) is 35.3 Å².